The van der Waals surface area contributed by atoms with E-state index in [0.717, 1.165) is 5.56 Å². The van der Waals surface area contributed by atoms with Gasteiger partial charge in [0.15, 0.2) is 28.4 Å². The molecule has 164 valence electrons. The molecule has 0 spiro atoms. The number of halogens is 5. The summed E-state index contributed by atoms with van der Waals surface area (Å²) in [4.78, 5) is 17.0. The Morgan fingerprint density at radius 2 is 1.44 bits per heavy atom. The van der Waals surface area contributed by atoms with Crippen LogP contribution in [0.2, 0.25) is 0 Å². The van der Waals surface area contributed by atoms with Gasteiger partial charge in [-0.3, -0.25) is 4.79 Å². The summed E-state index contributed by atoms with van der Waals surface area (Å²) >= 11 is 1.34. The Morgan fingerprint density at radius 3 is 2.12 bits per heavy atom. The van der Waals surface area contributed by atoms with Crippen molar-refractivity contribution in [1.82, 2.24) is 9.55 Å². The molecule has 0 fully saturated rings. The van der Waals surface area contributed by atoms with Crippen LogP contribution in [0.4, 0.5) is 27.6 Å². The lowest BCUT2D eigenvalue weighted by Crippen LogP contribution is -2.22. The van der Waals surface area contributed by atoms with Crippen molar-refractivity contribution in [2.45, 2.75) is 17.5 Å². The highest BCUT2D eigenvalue weighted by molar-refractivity contribution is 7.98. The zero-order valence-corrected chi connectivity index (χ0v) is 17.0. The maximum absolute atomic E-state index is 13.9. The lowest BCUT2D eigenvalue weighted by Gasteiger charge is -2.12. The third kappa shape index (κ3) is 4.18. The highest BCUT2D eigenvalue weighted by Crippen LogP contribution is 2.29. The van der Waals surface area contributed by atoms with Crippen molar-refractivity contribution in [2.75, 3.05) is 5.32 Å². The predicted octanol–water partition coefficient (Wildman–Crippen LogP) is 5.66. The summed E-state index contributed by atoms with van der Waals surface area (Å²) in [7, 11) is 0. The molecule has 32 heavy (non-hydrogen) atoms. The number of anilines is 1. The molecule has 0 saturated carbocycles. The summed E-state index contributed by atoms with van der Waals surface area (Å²) in [5.74, 6) is -11.2. The van der Waals surface area contributed by atoms with Gasteiger partial charge in [-0.15, -0.1) is 0 Å². The van der Waals surface area contributed by atoms with E-state index in [1.54, 1.807) is 29.6 Å². The Kier molecular flexibility index (Phi) is 6.13. The minimum Gasteiger partial charge on any atom is -0.319 e. The van der Waals surface area contributed by atoms with E-state index in [4.69, 9.17) is 0 Å². The van der Waals surface area contributed by atoms with Gasteiger partial charge in [-0.1, -0.05) is 54.2 Å². The van der Waals surface area contributed by atoms with Crippen molar-refractivity contribution < 1.29 is 26.7 Å². The van der Waals surface area contributed by atoms with Crippen LogP contribution in [0.3, 0.4) is 0 Å². The summed E-state index contributed by atoms with van der Waals surface area (Å²) in [6, 6.07) is 16.4. The van der Waals surface area contributed by atoms with Gasteiger partial charge < -0.3 is 9.88 Å². The molecule has 1 aromatic heterocycles. The molecule has 4 nitrogen and oxygen atoms in total. The number of amides is 1. The van der Waals surface area contributed by atoms with Gasteiger partial charge in [0, 0.05) is 5.75 Å². The minimum atomic E-state index is -2.29. The molecule has 0 unspecified atom stereocenters. The molecule has 0 atom stereocenters. The monoisotopic (exact) mass is 463 g/mol. The second-order valence-corrected chi connectivity index (χ2v) is 7.68. The van der Waals surface area contributed by atoms with Crippen LogP contribution in [0.5, 0.6) is 0 Å². The molecular weight excluding hydrogens is 449 g/mol. The SMILES string of the molecule is O=C(Cn1c(SCc2ccccc2)nc2ccccc21)Nc1c(F)c(F)c(F)c(F)c1F. The van der Waals surface area contributed by atoms with Crippen molar-refractivity contribution >= 4 is 34.4 Å². The fourth-order valence-corrected chi connectivity index (χ4v) is 4.05. The number of benzene rings is 3. The average Bonchev–Trinajstić information content (AvgIpc) is 3.16. The average molecular weight is 463 g/mol. The van der Waals surface area contributed by atoms with Crippen LogP contribution in [0.1, 0.15) is 5.56 Å². The third-order valence-electron chi connectivity index (χ3n) is 4.61. The number of carbonyl (C=O) groups is 1. The van der Waals surface area contributed by atoms with Gasteiger partial charge in [-0.05, 0) is 17.7 Å². The number of carbonyl (C=O) groups excluding carboxylic acids is 1. The van der Waals surface area contributed by atoms with E-state index in [1.807, 2.05) is 30.3 Å². The number of hydrogen-bond donors (Lipinski definition) is 1. The molecule has 1 heterocycles. The Hall–Kier alpha value is -3.40. The predicted molar refractivity (Wildman–Crippen MR) is 111 cm³/mol. The molecule has 0 aliphatic rings. The highest BCUT2D eigenvalue weighted by atomic mass is 32.2. The van der Waals surface area contributed by atoms with Crippen LogP contribution < -0.4 is 5.32 Å². The summed E-state index contributed by atoms with van der Waals surface area (Å²) in [6.45, 7) is -0.447. The molecule has 0 radical (unpaired) electrons. The second kappa shape index (κ2) is 8.99. The second-order valence-electron chi connectivity index (χ2n) is 6.74. The topological polar surface area (TPSA) is 46.9 Å². The lowest BCUT2D eigenvalue weighted by molar-refractivity contribution is -0.116. The molecule has 10 heteroatoms. The van der Waals surface area contributed by atoms with Gasteiger partial charge in [0.1, 0.15) is 12.2 Å². The van der Waals surface area contributed by atoms with Gasteiger partial charge >= 0.3 is 0 Å². The van der Waals surface area contributed by atoms with E-state index in [9.17, 15) is 26.7 Å². The molecule has 1 N–H and O–H groups in total. The Balaban J connectivity index is 1.62. The van der Waals surface area contributed by atoms with E-state index >= 15 is 0 Å². The van der Waals surface area contributed by atoms with Crippen LogP contribution in [0.15, 0.2) is 59.8 Å². The maximum Gasteiger partial charge on any atom is 0.244 e. The summed E-state index contributed by atoms with van der Waals surface area (Å²) in [5.41, 5.74) is 0.791. The van der Waals surface area contributed by atoms with Crippen molar-refractivity contribution in [3.63, 3.8) is 0 Å². The fourth-order valence-electron chi connectivity index (χ4n) is 3.08. The molecule has 0 aliphatic heterocycles. The van der Waals surface area contributed by atoms with Crippen LogP contribution in [0.25, 0.3) is 11.0 Å². The summed E-state index contributed by atoms with van der Waals surface area (Å²) in [5, 5.41) is 2.26. The first kappa shape index (κ1) is 21.8. The zero-order chi connectivity index (χ0) is 22.8. The number of para-hydroxylation sites is 2. The van der Waals surface area contributed by atoms with Crippen LogP contribution in [0, 0.1) is 29.1 Å². The first-order valence-corrected chi connectivity index (χ1v) is 10.3. The standard InChI is InChI=1S/C22H14F5N3OS/c23-16-17(24)19(26)21(20(27)18(16)25)29-15(31)10-30-14-9-5-4-8-13(14)28-22(30)32-11-12-6-2-1-3-7-12/h1-9H,10-11H2,(H,29,31). The summed E-state index contributed by atoms with van der Waals surface area (Å²) in [6.07, 6.45) is 0. The molecule has 4 rings (SSSR count). The third-order valence-corrected chi connectivity index (χ3v) is 5.65. The van der Waals surface area contributed by atoms with Crippen molar-refractivity contribution in [3.8, 4) is 0 Å². The van der Waals surface area contributed by atoms with E-state index in [1.165, 1.54) is 16.3 Å². The van der Waals surface area contributed by atoms with E-state index in [0.29, 0.717) is 21.9 Å². The number of rotatable bonds is 6. The van der Waals surface area contributed by atoms with Crippen molar-refractivity contribution in [1.29, 1.82) is 0 Å². The Morgan fingerprint density at radius 1 is 0.844 bits per heavy atom. The number of nitrogens with zero attached hydrogens (tertiary/aromatic N) is 2. The molecule has 1 amide bonds. The van der Waals surface area contributed by atoms with Crippen LogP contribution >= 0.6 is 11.8 Å². The number of fused-ring (bicyclic) bond motifs is 1. The molecular formula is C22H14F5N3OS. The first-order chi connectivity index (χ1) is 15.4. The maximum atomic E-state index is 13.9. The van der Waals surface area contributed by atoms with Crippen molar-refractivity contribution in [3.05, 3.63) is 89.2 Å². The number of thioether (sulfide) groups is 1. The van der Waals surface area contributed by atoms with Gasteiger partial charge in [-0.2, -0.15) is 0 Å². The molecule has 4 aromatic rings. The number of imidazole rings is 1. The number of aromatic nitrogens is 2. The van der Waals surface area contributed by atoms with Gasteiger partial charge in [-0.25, -0.2) is 26.9 Å². The Bertz CT molecular complexity index is 1280. The van der Waals surface area contributed by atoms with Gasteiger partial charge in [0.05, 0.1) is 11.0 Å². The minimum absolute atomic E-state index is 0.447. The van der Waals surface area contributed by atoms with Gasteiger partial charge in [0.25, 0.3) is 0 Å². The Labute approximate surface area is 183 Å². The van der Waals surface area contributed by atoms with E-state index < -0.39 is 47.2 Å². The van der Waals surface area contributed by atoms with Gasteiger partial charge in [0.2, 0.25) is 11.7 Å². The molecule has 0 bridgehead atoms. The van der Waals surface area contributed by atoms with E-state index in [-0.39, 0.29) is 0 Å². The van der Waals surface area contributed by atoms with Crippen LogP contribution in [-0.4, -0.2) is 15.5 Å². The van der Waals surface area contributed by atoms with Crippen LogP contribution in [-0.2, 0) is 17.1 Å². The van der Waals surface area contributed by atoms with Crippen molar-refractivity contribution in [2.24, 2.45) is 0 Å². The fraction of sp³-hybridized carbons (Fsp3) is 0.0909. The smallest absolute Gasteiger partial charge is 0.244 e. The zero-order valence-electron chi connectivity index (χ0n) is 16.2. The largest absolute Gasteiger partial charge is 0.319 e. The molecule has 3 aromatic carbocycles. The first-order valence-electron chi connectivity index (χ1n) is 9.30. The number of hydrogen-bond acceptors (Lipinski definition) is 3. The quantitative estimate of drug-likeness (QED) is 0.174. The lowest BCUT2D eigenvalue weighted by atomic mass is 10.2. The molecule has 0 aliphatic carbocycles. The normalized spacial score (nSPS) is 11.2. The number of nitrogens with one attached hydrogen (secondary N) is 1. The summed E-state index contributed by atoms with van der Waals surface area (Å²) < 4.78 is 69.5. The van der Waals surface area contributed by atoms with E-state index in [2.05, 4.69) is 4.98 Å². The molecule has 0 saturated heterocycles. The highest BCUT2D eigenvalue weighted by Gasteiger charge is 2.27.